The number of ether oxygens (including phenoxy) is 1. The molecular weight excluding hydrogens is 521 g/mol. The van der Waals surface area contributed by atoms with Crippen LogP contribution in [0.3, 0.4) is 0 Å². The molecule has 1 aliphatic rings. The summed E-state index contributed by atoms with van der Waals surface area (Å²) in [7, 11) is 0. The van der Waals surface area contributed by atoms with Crippen LogP contribution in [0.2, 0.25) is 0 Å². The maximum Gasteiger partial charge on any atom is 0.407 e. The van der Waals surface area contributed by atoms with Crippen LogP contribution in [0.5, 0.6) is 0 Å². The fourth-order valence-corrected chi connectivity index (χ4v) is 3.29. The summed E-state index contributed by atoms with van der Waals surface area (Å²) < 4.78 is 5.20. The average molecular weight is 559 g/mol. The van der Waals surface area contributed by atoms with Crippen molar-refractivity contribution in [2.45, 2.75) is 59.0 Å². The Bertz CT molecular complexity index is 764. The molecule has 1 aliphatic heterocycles. The fourth-order valence-electron chi connectivity index (χ4n) is 3.29. The fraction of sp³-hybridized carbons (Fsp3) is 0.609. The van der Waals surface area contributed by atoms with Crippen molar-refractivity contribution in [3.8, 4) is 0 Å². The highest BCUT2D eigenvalue weighted by Gasteiger charge is 2.23. The van der Waals surface area contributed by atoms with Crippen LogP contribution in [0.1, 0.15) is 52.5 Å². The first-order chi connectivity index (χ1) is 14.8. The molecule has 0 aromatic heterocycles. The number of para-hydroxylation sites is 1. The number of rotatable bonds is 9. The lowest BCUT2D eigenvalue weighted by molar-refractivity contribution is -0.118. The van der Waals surface area contributed by atoms with E-state index in [0.717, 1.165) is 37.6 Å². The zero-order valence-corrected chi connectivity index (χ0v) is 22.0. The Kier molecular flexibility index (Phi) is 12.4. The van der Waals surface area contributed by atoms with E-state index in [9.17, 15) is 9.59 Å². The first kappa shape index (κ1) is 28.0. The maximum absolute atomic E-state index is 12.6. The number of carbonyl (C=O) groups is 2. The second kappa shape index (κ2) is 14.2. The van der Waals surface area contributed by atoms with E-state index in [2.05, 4.69) is 27.0 Å². The number of carbonyl (C=O) groups excluding carboxylic acids is 2. The summed E-state index contributed by atoms with van der Waals surface area (Å²) in [5, 5.41) is 9.20. The standard InChI is InChI=1S/C23H37N5O3.HI/c1-5-24-21(26-15-9-16-27-22(30)31-23(2,3)4)25-14-8-12-20(29)28-17-13-18-10-6-7-11-19(18)28;/h6-7,10-11H,5,8-9,12-17H2,1-4H3,(H,27,30)(H2,24,25,26);1H. The molecule has 9 heteroatoms. The van der Waals surface area contributed by atoms with E-state index in [-0.39, 0.29) is 29.9 Å². The van der Waals surface area contributed by atoms with Crippen molar-refractivity contribution in [2.24, 2.45) is 4.99 Å². The molecule has 180 valence electrons. The number of guanidine groups is 1. The Morgan fingerprint density at radius 1 is 1.09 bits per heavy atom. The Labute approximate surface area is 209 Å². The molecule has 0 saturated carbocycles. The van der Waals surface area contributed by atoms with E-state index in [1.807, 2.05) is 50.8 Å². The van der Waals surface area contributed by atoms with Gasteiger partial charge in [0.05, 0.1) is 0 Å². The molecule has 0 unspecified atom stereocenters. The highest BCUT2D eigenvalue weighted by atomic mass is 127. The third kappa shape index (κ3) is 10.1. The predicted octanol–water partition coefficient (Wildman–Crippen LogP) is 3.44. The molecule has 2 rings (SSSR count). The van der Waals surface area contributed by atoms with Crippen molar-refractivity contribution in [1.29, 1.82) is 0 Å². The monoisotopic (exact) mass is 559 g/mol. The predicted molar refractivity (Wildman–Crippen MR) is 140 cm³/mol. The first-order valence-electron chi connectivity index (χ1n) is 11.2. The Morgan fingerprint density at radius 3 is 2.53 bits per heavy atom. The minimum atomic E-state index is -0.496. The Balaban J connectivity index is 0.00000512. The van der Waals surface area contributed by atoms with Crippen molar-refractivity contribution in [3.05, 3.63) is 29.8 Å². The van der Waals surface area contributed by atoms with Crippen LogP contribution in [0.25, 0.3) is 0 Å². The largest absolute Gasteiger partial charge is 0.444 e. The third-order valence-corrected chi connectivity index (χ3v) is 4.67. The Morgan fingerprint density at radius 2 is 1.81 bits per heavy atom. The number of benzene rings is 1. The summed E-state index contributed by atoms with van der Waals surface area (Å²) in [6, 6.07) is 8.11. The van der Waals surface area contributed by atoms with Gasteiger partial charge in [-0.3, -0.25) is 9.79 Å². The van der Waals surface area contributed by atoms with Gasteiger partial charge in [-0.1, -0.05) is 18.2 Å². The van der Waals surface area contributed by atoms with Gasteiger partial charge < -0.3 is 25.6 Å². The molecule has 0 spiro atoms. The maximum atomic E-state index is 12.6. The Hall–Kier alpha value is -2.04. The molecular formula is C23H38IN5O3. The van der Waals surface area contributed by atoms with Gasteiger partial charge >= 0.3 is 6.09 Å². The summed E-state index contributed by atoms with van der Waals surface area (Å²) in [6.07, 6.45) is 2.47. The van der Waals surface area contributed by atoms with Crippen molar-refractivity contribution in [3.63, 3.8) is 0 Å². The number of halogens is 1. The van der Waals surface area contributed by atoms with Gasteiger partial charge in [0.1, 0.15) is 5.60 Å². The second-order valence-electron chi connectivity index (χ2n) is 8.50. The molecule has 0 aliphatic carbocycles. The van der Waals surface area contributed by atoms with Crippen LogP contribution in [-0.2, 0) is 16.0 Å². The SMILES string of the molecule is CCNC(=NCCCNC(=O)OC(C)(C)C)NCCCC(=O)N1CCc2ccccc21.I. The molecule has 0 bridgehead atoms. The molecule has 1 heterocycles. The minimum absolute atomic E-state index is 0. The van der Waals surface area contributed by atoms with Crippen molar-refractivity contribution < 1.29 is 14.3 Å². The highest BCUT2D eigenvalue weighted by molar-refractivity contribution is 14.0. The molecule has 8 nitrogen and oxygen atoms in total. The molecule has 32 heavy (non-hydrogen) atoms. The minimum Gasteiger partial charge on any atom is -0.444 e. The molecule has 0 atom stereocenters. The van der Waals surface area contributed by atoms with Crippen LogP contribution < -0.4 is 20.9 Å². The van der Waals surface area contributed by atoms with E-state index in [4.69, 9.17) is 4.74 Å². The lowest BCUT2D eigenvalue weighted by Gasteiger charge is -2.19. The number of anilines is 1. The van der Waals surface area contributed by atoms with Crippen molar-refractivity contribution in [2.75, 3.05) is 37.6 Å². The van der Waals surface area contributed by atoms with Gasteiger partial charge in [-0.25, -0.2) is 4.79 Å². The number of aliphatic imine (C=N–C) groups is 1. The molecule has 2 amide bonds. The number of alkyl carbamates (subject to hydrolysis) is 1. The van der Waals surface area contributed by atoms with Gasteiger partial charge in [0.25, 0.3) is 0 Å². The van der Waals surface area contributed by atoms with Crippen LogP contribution in [0, 0.1) is 0 Å². The summed E-state index contributed by atoms with van der Waals surface area (Å²) in [6.45, 7) is 10.8. The van der Waals surface area contributed by atoms with Gasteiger partial charge in [-0.2, -0.15) is 0 Å². The second-order valence-corrected chi connectivity index (χ2v) is 8.50. The lowest BCUT2D eigenvalue weighted by atomic mass is 10.2. The molecule has 0 saturated heterocycles. The van der Waals surface area contributed by atoms with Gasteiger partial charge in [0, 0.05) is 44.8 Å². The number of hydrogen-bond acceptors (Lipinski definition) is 4. The van der Waals surface area contributed by atoms with Gasteiger partial charge in [0.2, 0.25) is 5.91 Å². The number of hydrogen-bond donors (Lipinski definition) is 3. The van der Waals surface area contributed by atoms with Crippen molar-refractivity contribution in [1.82, 2.24) is 16.0 Å². The summed E-state index contributed by atoms with van der Waals surface area (Å²) in [5.74, 6) is 0.889. The van der Waals surface area contributed by atoms with Crippen LogP contribution in [0.4, 0.5) is 10.5 Å². The van der Waals surface area contributed by atoms with E-state index in [1.165, 1.54) is 5.56 Å². The summed E-state index contributed by atoms with van der Waals surface area (Å²) in [4.78, 5) is 30.6. The topological polar surface area (TPSA) is 95.1 Å². The van der Waals surface area contributed by atoms with Crippen LogP contribution in [0.15, 0.2) is 29.3 Å². The normalized spacial score (nSPS) is 13.1. The highest BCUT2D eigenvalue weighted by Crippen LogP contribution is 2.27. The smallest absolute Gasteiger partial charge is 0.407 e. The number of fused-ring (bicyclic) bond motifs is 1. The van der Waals surface area contributed by atoms with Gasteiger partial charge in [0.15, 0.2) is 5.96 Å². The zero-order valence-electron chi connectivity index (χ0n) is 19.7. The number of amides is 2. The van der Waals surface area contributed by atoms with Gasteiger partial charge in [-0.05, 0) is 58.6 Å². The summed E-state index contributed by atoms with van der Waals surface area (Å²) in [5.41, 5.74) is 1.80. The number of nitrogens with one attached hydrogen (secondary N) is 3. The van der Waals surface area contributed by atoms with Gasteiger partial charge in [-0.15, -0.1) is 24.0 Å². The molecule has 1 aromatic rings. The van der Waals surface area contributed by atoms with Crippen LogP contribution >= 0.6 is 24.0 Å². The van der Waals surface area contributed by atoms with E-state index in [1.54, 1.807) is 0 Å². The number of nitrogens with zero attached hydrogens (tertiary/aromatic N) is 2. The zero-order chi connectivity index (χ0) is 22.7. The van der Waals surface area contributed by atoms with E-state index < -0.39 is 11.7 Å². The molecule has 3 N–H and O–H groups in total. The quantitative estimate of drug-likeness (QED) is 0.187. The molecule has 0 fully saturated rings. The lowest BCUT2D eigenvalue weighted by Crippen LogP contribution is -2.38. The molecule has 1 aromatic carbocycles. The summed E-state index contributed by atoms with van der Waals surface area (Å²) >= 11 is 0. The van der Waals surface area contributed by atoms with E-state index in [0.29, 0.717) is 32.5 Å². The third-order valence-electron chi connectivity index (χ3n) is 4.67. The first-order valence-corrected chi connectivity index (χ1v) is 11.2. The van der Waals surface area contributed by atoms with Crippen LogP contribution in [-0.4, -0.2) is 56.3 Å². The average Bonchev–Trinajstić information content (AvgIpc) is 3.13. The van der Waals surface area contributed by atoms with Crippen molar-refractivity contribution >= 4 is 47.6 Å². The van der Waals surface area contributed by atoms with E-state index >= 15 is 0 Å². The molecule has 0 radical (unpaired) electrons.